The minimum absolute atomic E-state index is 0.321. The highest BCUT2D eigenvalue weighted by Crippen LogP contribution is 2.25. The molecule has 1 heterocycles. The van der Waals surface area contributed by atoms with Crippen molar-refractivity contribution in [1.29, 1.82) is 0 Å². The van der Waals surface area contributed by atoms with Crippen LogP contribution in [0.4, 0.5) is 0 Å². The van der Waals surface area contributed by atoms with E-state index in [-0.39, 0.29) is 0 Å². The van der Waals surface area contributed by atoms with E-state index in [2.05, 4.69) is 39.8 Å². The number of hydrogen-bond acceptors (Lipinski definition) is 1. The van der Waals surface area contributed by atoms with Crippen molar-refractivity contribution in [3.63, 3.8) is 0 Å². The predicted molar refractivity (Wildman–Crippen MR) is 72.0 cm³/mol. The Balaban J connectivity index is 2.25. The molecule has 0 amide bonds. The second-order valence-electron chi connectivity index (χ2n) is 3.69. The zero-order valence-corrected chi connectivity index (χ0v) is 10.4. The van der Waals surface area contributed by atoms with Gasteiger partial charge >= 0.3 is 0 Å². The van der Waals surface area contributed by atoms with Crippen molar-refractivity contribution in [2.45, 2.75) is 11.2 Å². The molecule has 1 aliphatic heterocycles. The van der Waals surface area contributed by atoms with Gasteiger partial charge in [-0.1, -0.05) is 46.6 Å². The highest BCUT2D eigenvalue weighted by molar-refractivity contribution is 9.09. The molecule has 1 nitrogen and oxygen atoms in total. The van der Waals surface area contributed by atoms with Gasteiger partial charge < -0.3 is 5.32 Å². The Morgan fingerprint density at radius 3 is 2.62 bits per heavy atom. The zero-order chi connectivity index (χ0) is 11.5. The van der Waals surface area contributed by atoms with E-state index >= 15 is 0 Å². The summed E-state index contributed by atoms with van der Waals surface area (Å²) in [6, 6.07) is 7.94. The highest BCUT2D eigenvalue weighted by Gasteiger charge is 2.15. The molecule has 2 heteroatoms. The third-order valence-electron chi connectivity index (χ3n) is 2.56. The van der Waals surface area contributed by atoms with Gasteiger partial charge in [-0.2, -0.15) is 0 Å². The Labute approximate surface area is 104 Å². The van der Waals surface area contributed by atoms with E-state index in [1.807, 2.05) is 24.3 Å². The Hall–Kier alpha value is -1.46. The average Bonchev–Trinajstić information content (AvgIpc) is 2.33. The van der Waals surface area contributed by atoms with E-state index in [9.17, 15) is 0 Å². The molecule has 0 fully saturated rings. The largest absolute Gasteiger partial charge is 0.358 e. The Morgan fingerprint density at radius 1 is 1.38 bits per heavy atom. The number of hydrogen-bond donors (Lipinski definition) is 1. The molecule has 0 aliphatic carbocycles. The summed E-state index contributed by atoms with van der Waals surface area (Å²) in [7, 11) is 0. The lowest BCUT2D eigenvalue weighted by atomic mass is 10.0. The first-order chi connectivity index (χ1) is 7.70. The van der Waals surface area contributed by atoms with E-state index in [0.29, 0.717) is 4.83 Å². The maximum atomic E-state index is 5.32. The van der Waals surface area contributed by atoms with Crippen molar-refractivity contribution in [3.8, 4) is 12.3 Å². The van der Waals surface area contributed by atoms with Crippen molar-refractivity contribution in [2.75, 3.05) is 0 Å². The summed E-state index contributed by atoms with van der Waals surface area (Å²) in [6.45, 7) is 3.97. The number of benzene rings is 1. The molecule has 0 bridgehead atoms. The number of nitrogens with one attached hydrogen (secondary N) is 1. The van der Waals surface area contributed by atoms with E-state index in [0.717, 1.165) is 28.9 Å². The first-order valence-corrected chi connectivity index (χ1v) is 5.99. The van der Waals surface area contributed by atoms with Crippen molar-refractivity contribution in [1.82, 2.24) is 5.32 Å². The van der Waals surface area contributed by atoms with Crippen molar-refractivity contribution in [3.05, 3.63) is 53.7 Å². The van der Waals surface area contributed by atoms with Gasteiger partial charge in [0, 0.05) is 17.0 Å². The molecular weight excluding hydrogens is 262 g/mol. The lowest BCUT2D eigenvalue weighted by Crippen LogP contribution is -2.22. The van der Waals surface area contributed by atoms with Crippen molar-refractivity contribution >= 4 is 21.6 Å². The van der Waals surface area contributed by atoms with E-state index < -0.39 is 0 Å². The quantitative estimate of drug-likeness (QED) is 0.612. The number of rotatable bonds is 1. The summed E-state index contributed by atoms with van der Waals surface area (Å²) < 4.78 is 0. The lowest BCUT2D eigenvalue weighted by molar-refractivity contribution is 0.887. The van der Waals surface area contributed by atoms with Crippen LogP contribution in [0.15, 0.2) is 42.6 Å². The van der Waals surface area contributed by atoms with Crippen molar-refractivity contribution < 1.29 is 0 Å². The van der Waals surface area contributed by atoms with Crippen molar-refractivity contribution in [2.24, 2.45) is 0 Å². The fourth-order valence-electron chi connectivity index (χ4n) is 1.60. The van der Waals surface area contributed by atoms with Crippen LogP contribution in [0.2, 0.25) is 0 Å². The van der Waals surface area contributed by atoms with E-state index in [4.69, 9.17) is 6.42 Å². The molecule has 0 saturated heterocycles. The van der Waals surface area contributed by atoms with Crippen LogP contribution in [0.25, 0.3) is 5.70 Å². The molecule has 1 aliphatic rings. The second-order valence-corrected chi connectivity index (χ2v) is 4.80. The molecule has 1 unspecified atom stereocenters. The normalized spacial score (nSPS) is 19.6. The molecule has 1 aromatic rings. The molecule has 1 atom stereocenters. The van der Waals surface area contributed by atoms with Crippen LogP contribution in [0.3, 0.4) is 0 Å². The molecule has 1 aromatic carbocycles. The first-order valence-electron chi connectivity index (χ1n) is 5.08. The Kier molecular flexibility index (Phi) is 3.17. The van der Waals surface area contributed by atoms with Gasteiger partial charge in [0.15, 0.2) is 0 Å². The Bertz CT molecular complexity index is 476. The third kappa shape index (κ3) is 2.20. The monoisotopic (exact) mass is 273 g/mol. The summed E-state index contributed by atoms with van der Waals surface area (Å²) >= 11 is 3.54. The van der Waals surface area contributed by atoms with Gasteiger partial charge in [0.1, 0.15) is 0 Å². The number of halogens is 1. The summed E-state index contributed by atoms with van der Waals surface area (Å²) in [5.41, 5.74) is 4.14. The molecule has 2 rings (SSSR count). The number of allylic oxidation sites excluding steroid dienone is 2. The Morgan fingerprint density at radius 2 is 2.06 bits per heavy atom. The van der Waals surface area contributed by atoms with Crippen LogP contribution < -0.4 is 5.32 Å². The maximum absolute atomic E-state index is 5.32. The van der Waals surface area contributed by atoms with Gasteiger partial charge in [0.25, 0.3) is 0 Å². The minimum atomic E-state index is 0.321. The van der Waals surface area contributed by atoms with Gasteiger partial charge in [-0.25, -0.2) is 0 Å². The third-order valence-corrected chi connectivity index (χ3v) is 3.49. The molecule has 80 valence electrons. The molecule has 0 aromatic heterocycles. The highest BCUT2D eigenvalue weighted by atomic mass is 79.9. The van der Waals surface area contributed by atoms with E-state index in [1.54, 1.807) is 0 Å². The maximum Gasteiger partial charge on any atom is 0.0575 e. The molecule has 16 heavy (non-hydrogen) atoms. The first kappa shape index (κ1) is 11.0. The van der Waals surface area contributed by atoms with Gasteiger partial charge in [0.2, 0.25) is 0 Å². The van der Waals surface area contributed by atoms with Crippen LogP contribution in [0.5, 0.6) is 0 Å². The van der Waals surface area contributed by atoms with Gasteiger partial charge in [-0.05, 0) is 24.1 Å². The number of alkyl halides is 1. The summed E-state index contributed by atoms with van der Waals surface area (Å²) in [5.74, 6) is 2.61. The van der Waals surface area contributed by atoms with E-state index in [1.165, 1.54) is 0 Å². The molecule has 0 spiro atoms. The predicted octanol–water partition coefficient (Wildman–Crippen LogP) is 3.28. The zero-order valence-electron chi connectivity index (χ0n) is 8.83. The van der Waals surface area contributed by atoms with Crippen LogP contribution >= 0.6 is 15.9 Å². The summed E-state index contributed by atoms with van der Waals surface area (Å²) in [5, 5.41) is 3.29. The molecular formula is C14H12BrN. The van der Waals surface area contributed by atoms with Crippen LogP contribution in [0, 0.1) is 12.3 Å². The fourth-order valence-corrected chi connectivity index (χ4v) is 1.90. The minimum Gasteiger partial charge on any atom is -0.358 e. The number of terminal acetylenes is 1. The topological polar surface area (TPSA) is 12.0 Å². The SMILES string of the molecule is C#Cc1ccc(C2=CCC(Br)C(=C)N2)cc1. The van der Waals surface area contributed by atoms with Crippen LogP contribution in [-0.2, 0) is 0 Å². The molecule has 0 saturated carbocycles. The average molecular weight is 274 g/mol. The smallest absolute Gasteiger partial charge is 0.0575 e. The summed E-state index contributed by atoms with van der Waals surface area (Å²) in [6.07, 6.45) is 8.44. The lowest BCUT2D eigenvalue weighted by Gasteiger charge is -2.22. The molecule has 0 radical (unpaired) electrons. The second kappa shape index (κ2) is 4.59. The van der Waals surface area contributed by atoms with Crippen LogP contribution in [0.1, 0.15) is 17.5 Å². The fraction of sp³-hybridized carbons (Fsp3) is 0.143. The van der Waals surface area contributed by atoms with Gasteiger partial charge in [-0.3, -0.25) is 0 Å². The standard InChI is InChI=1S/C14H12BrN/c1-3-11-4-6-12(7-5-11)14-9-8-13(15)10(2)16-14/h1,4-7,9,13,16H,2,8H2. The van der Waals surface area contributed by atoms with Gasteiger partial charge in [0.05, 0.1) is 4.83 Å². The molecule has 1 N–H and O–H groups in total. The summed E-state index contributed by atoms with van der Waals surface area (Å²) in [4.78, 5) is 0.321. The van der Waals surface area contributed by atoms with Crippen LogP contribution in [-0.4, -0.2) is 4.83 Å². The van der Waals surface area contributed by atoms with Gasteiger partial charge in [-0.15, -0.1) is 6.42 Å².